The Labute approximate surface area is 159 Å². The van der Waals surface area contributed by atoms with Gasteiger partial charge in [-0.3, -0.25) is 4.79 Å². The second kappa shape index (κ2) is 11.0. The number of carbonyl (C=O) groups is 1. The molecule has 1 aliphatic rings. The maximum Gasteiger partial charge on any atom is 0.225 e. The largest absolute Gasteiger partial charge is 0.492 e. The lowest BCUT2D eigenvalue weighted by Gasteiger charge is -2.32. The molecular formula is C18H28BrClN2O2. The maximum atomic E-state index is 12.3. The predicted octanol–water partition coefficient (Wildman–Crippen LogP) is 3.80. The zero-order valence-corrected chi connectivity index (χ0v) is 16.9. The van der Waals surface area contributed by atoms with Gasteiger partial charge >= 0.3 is 0 Å². The lowest BCUT2D eigenvalue weighted by atomic mass is 9.93. The number of likely N-dealkylation sites (tertiary alicyclic amines) is 1. The number of hydrogen-bond donors (Lipinski definition) is 1. The minimum Gasteiger partial charge on any atom is -0.492 e. The van der Waals surface area contributed by atoms with Crippen LogP contribution in [-0.2, 0) is 4.79 Å². The second-order valence-electron chi connectivity index (χ2n) is 6.25. The Morgan fingerprint density at radius 2 is 2.08 bits per heavy atom. The summed E-state index contributed by atoms with van der Waals surface area (Å²) in [4.78, 5) is 14.3. The highest BCUT2D eigenvalue weighted by molar-refractivity contribution is 9.10. The molecule has 0 radical (unpaired) electrons. The first-order chi connectivity index (χ1) is 11.1. The smallest absolute Gasteiger partial charge is 0.225 e. The van der Waals surface area contributed by atoms with Gasteiger partial charge in [0.15, 0.2) is 0 Å². The highest BCUT2D eigenvalue weighted by Crippen LogP contribution is 2.26. The fourth-order valence-corrected chi connectivity index (χ4v) is 3.56. The summed E-state index contributed by atoms with van der Waals surface area (Å²) in [5.41, 5.74) is 1.18. The summed E-state index contributed by atoms with van der Waals surface area (Å²) < 4.78 is 6.66. The van der Waals surface area contributed by atoms with E-state index >= 15 is 0 Å². The van der Waals surface area contributed by atoms with E-state index < -0.39 is 0 Å². The molecule has 1 aromatic rings. The third-order valence-electron chi connectivity index (χ3n) is 4.43. The minimum atomic E-state index is 0. The van der Waals surface area contributed by atoms with E-state index in [0.29, 0.717) is 13.0 Å². The van der Waals surface area contributed by atoms with Gasteiger partial charge in [0, 0.05) is 13.1 Å². The lowest BCUT2D eigenvalue weighted by molar-refractivity contribution is -0.133. The van der Waals surface area contributed by atoms with E-state index in [1.165, 1.54) is 12.0 Å². The van der Waals surface area contributed by atoms with Crippen LogP contribution in [0.25, 0.3) is 0 Å². The van der Waals surface area contributed by atoms with Crippen LogP contribution in [0.3, 0.4) is 0 Å². The van der Waals surface area contributed by atoms with Crippen LogP contribution in [-0.4, -0.2) is 44.1 Å². The average molecular weight is 420 g/mol. The number of amides is 1. The van der Waals surface area contributed by atoms with Gasteiger partial charge in [-0.25, -0.2) is 0 Å². The van der Waals surface area contributed by atoms with Crippen LogP contribution in [0.1, 0.15) is 31.2 Å². The first-order valence-corrected chi connectivity index (χ1v) is 9.20. The quantitative estimate of drug-likeness (QED) is 0.731. The third kappa shape index (κ3) is 6.61. The van der Waals surface area contributed by atoms with Gasteiger partial charge in [0.1, 0.15) is 5.75 Å². The number of hydrogen-bond acceptors (Lipinski definition) is 3. The maximum absolute atomic E-state index is 12.3. The molecule has 2 rings (SSSR count). The van der Waals surface area contributed by atoms with Crippen molar-refractivity contribution in [2.24, 2.45) is 5.92 Å². The molecule has 0 atom stereocenters. The Kier molecular flexibility index (Phi) is 9.71. The van der Waals surface area contributed by atoms with Crippen LogP contribution in [0.4, 0.5) is 0 Å². The van der Waals surface area contributed by atoms with Crippen LogP contribution in [0, 0.1) is 12.8 Å². The molecule has 1 amide bonds. The van der Waals surface area contributed by atoms with Gasteiger partial charge in [-0.1, -0.05) is 6.07 Å². The summed E-state index contributed by atoms with van der Waals surface area (Å²) in [6.07, 6.45) is 3.90. The summed E-state index contributed by atoms with van der Waals surface area (Å²) in [6.45, 7) is 5.32. The first-order valence-electron chi connectivity index (χ1n) is 8.41. The van der Waals surface area contributed by atoms with Crippen molar-refractivity contribution >= 4 is 34.2 Å². The van der Waals surface area contributed by atoms with Crippen LogP contribution >= 0.6 is 28.3 Å². The third-order valence-corrected chi connectivity index (χ3v) is 5.05. The van der Waals surface area contributed by atoms with Crippen LogP contribution < -0.4 is 10.1 Å². The van der Waals surface area contributed by atoms with E-state index in [-0.39, 0.29) is 18.3 Å². The van der Waals surface area contributed by atoms with E-state index in [2.05, 4.69) is 21.2 Å². The number of carbonyl (C=O) groups excluding carboxylic acids is 1. The number of rotatable bonds is 7. The fraction of sp³-hybridized carbons (Fsp3) is 0.611. The van der Waals surface area contributed by atoms with Gasteiger partial charge in [0.2, 0.25) is 5.91 Å². The van der Waals surface area contributed by atoms with Gasteiger partial charge in [0.25, 0.3) is 0 Å². The summed E-state index contributed by atoms with van der Waals surface area (Å²) in [6, 6.07) is 5.97. The van der Waals surface area contributed by atoms with Gasteiger partial charge in [-0.2, -0.15) is 0 Å². The van der Waals surface area contributed by atoms with E-state index in [1.54, 1.807) is 0 Å². The predicted molar refractivity (Wildman–Crippen MR) is 104 cm³/mol. The number of aryl methyl sites for hydroxylation is 1. The molecule has 0 aromatic heterocycles. The number of nitrogens with zero attached hydrogens (tertiary/aromatic N) is 1. The minimum absolute atomic E-state index is 0. The average Bonchev–Trinajstić information content (AvgIpc) is 2.55. The Morgan fingerprint density at radius 3 is 2.71 bits per heavy atom. The van der Waals surface area contributed by atoms with Crippen LogP contribution in [0.15, 0.2) is 22.7 Å². The molecule has 0 spiro atoms. The van der Waals surface area contributed by atoms with Gasteiger partial charge in [0.05, 0.1) is 17.5 Å². The van der Waals surface area contributed by atoms with Gasteiger partial charge in [-0.05, 0) is 79.3 Å². The van der Waals surface area contributed by atoms with Crippen LogP contribution in [0.5, 0.6) is 5.75 Å². The number of piperidine rings is 1. The molecule has 1 aliphatic heterocycles. The standard InChI is InChI=1S/C18H27BrN2O2.ClH/c1-14-3-4-17(16(19)13-14)23-12-8-18(22)21-10-6-15(7-11-21)5-9-20-2;/h3-4,13,15,20H,5-12H2,1-2H3;1H. The summed E-state index contributed by atoms with van der Waals surface area (Å²) in [7, 11) is 1.99. The van der Waals surface area contributed by atoms with Gasteiger partial charge < -0.3 is 15.0 Å². The van der Waals surface area contributed by atoms with E-state index in [0.717, 1.165) is 48.6 Å². The number of halogens is 2. The molecule has 1 saturated heterocycles. The molecule has 24 heavy (non-hydrogen) atoms. The molecule has 1 fully saturated rings. The highest BCUT2D eigenvalue weighted by Gasteiger charge is 2.22. The van der Waals surface area contributed by atoms with E-state index in [9.17, 15) is 4.79 Å². The SMILES string of the molecule is CNCCC1CCN(C(=O)CCOc2ccc(C)cc2Br)CC1.Cl. The van der Waals surface area contributed by atoms with Crippen LogP contribution in [0.2, 0.25) is 0 Å². The molecular weight excluding hydrogens is 392 g/mol. The number of benzene rings is 1. The zero-order valence-electron chi connectivity index (χ0n) is 14.5. The molecule has 136 valence electrons. The fourth-order valence-electron chi connectivity index (χ4n) is 2.95. The van der Waals surface area contributed by atoms with Crippen molar-refractivity contribution in [1.82, 2.24) is 10.2 Å². The second-order valence-corrected chi connectivity index (χ2v) is 7.10. The molecule has 0 unspecified atom stereocenters. The number of ether oxygens (including phenoxy) is 1. The summed E-state index contributed by atoms with van der Waals surface area (Å²) >= 11 is 3.49. The molecule has 6 heteroatoms. The summed E-state index contributed by atoms with van der Waals surface area (Å²) in [5.74, 6) is 1.76. The topological polar surface area (TPSA) is 41.6 Å². The van der Waals surface area contributed by atoms with Crippen molar-refractivity contribution < 1.29 is 9.53 Å². The van der Waals surface area contributed by atoms with Crippen molar-refractivity contribution in [3.8, 4) is 5.75 Å². The van der Waals surface area contributed by atoms with Crippen molar-refractivity contribution in [3.05, 3.63) is 28.2 Å². The van der Waals surface area contributed by atoms with E-state index in [1.807, 2.05) is 37.1 Å². The Bertz CT molecular complexity index is 520. The van der Waals surface area contributed by atoms with Crippen molar-refractivity contribution in [3.63, 3.8) is 0 Å². The van der Waals surface area contributed by atoms with E-state index in [4.69, 9.17) is 4.74 Å². The molecule has 1 aromatic carbocycles. The Morgan fingerprint density at radius 1 is 1.38 bits per heavy atom. The Hall–Kier alpha value is -0.780. The molecule has 1 heterocycles. The summed E-state index contributed by atoms with van der Waals surface area (Å²) in [5, 5.41) is 3.20. The van der Waals surface area contributed by atoms with Crippen molar-refractivity contribution in [2.75, 3.05) is 33.3 Å². The molecule has 1 N–H and O–H groups in total. The molecule has 4 nitrogen and oxygen atoms in total. The molecule has 0 saturated carbocycles. The lowest BCUT2D eigenvalue weighted by Crippen LogP contribution is -2.39. The first kappa shape index (κ1) is 21.3. The van der Waals surface area contributed by atoms with Crippen molar-refractivity contribution in [2.45, 2.75) is 32.6 Å². The Balaban J connectivity index is 0.00000288. The monoisotopic (exact) mass is 418 g/mol. The highest BCUT2D eigenvalue weighted by atomic mass is 79.9. The normalized spacial score (nSPS) is 15.0. The molecule has 0 bridgehead atoms. The van der Waals surface area contributed by atoms with Gasteiger partial charge in [-0.15, -0.1) is 12.4 Å². The zero-order chi connectivity index (χ0) is 16.7. The van der Waals surface area contributed by atoms with Crippen molar-refractivity contribution in [1.29, 1.82) is 0 Å². The molecule has 0 aliphatic carbocycles. The number of nitrogens with one attached hydrogen (secondary N) is 1.